The Bertz CT molecular complexity index is 738. The number of aliphatic imine (C=N–C) groups is 1. The molecule has 0 radical (unpaired) electrons. The number of aryl methyl sites for hydroxylation is 1. The number of hydrogen-bond donors (Lipinski definition) is 2. The lowest BCUT2D eigenvalue weighted by atomic mass is 9.84. The van der Waals surface area contributed by atoms with Gasteiger partial charge in [0.15, 0.2) is 11.5 Å². The van der Waals surface area contributed by atoms with Crippen molar-refractivity contribution in [2.75, 3.05) is 0 Å². The first-order valence-corrected chi connectivity index (χ1v) is 6.98. The lowest BCUT2D eigenvalue weighted by molar-refractivity contribution is -0.124. The van der Waals surface area contributed by atoms with Crippen LogP contribution in [0.15, 0.2) is 53.5 Å². The fraction of sp³-hybridized carbons (Fsp3) is 0.176. The van der Waals surface area contributed by atoms with Crippen LogP contribution in [-0.4, -0.2) is 11.9 Å². The highest BCUT2D eigenvalue weighted by molar-refractivity contribution is 6.07. The molecule has 112 valence electrons. The second-order valence-electron chi connectivity index (χ2n) is 5.48. The summed E-state index contributed by atoms with van der Waals surface area (Å²) in [5, 5.41) is 2.57. The zero-order valence-corrected chi connectivity index (χ0v) is 12.1. The van der Waals surface area contributed by atoms with E-state index in [0.29, 0.717) is 6.42 Å². The van der Waals surface area contributed by atoms with Gasteiger partial charge in [0.25, 0.3) is 5.91 Å². The third-order valence-electron chi connectivity index (χ3n) is 3.83. The molecule has 1 aliphatic heterocycles. The van der Waals surface area contributed by atoms with Crippen LogP contribution < -0.4 is 11.1 Å². The van der Waals surface area contributed by atoms with E-state index in [0.717, 1.165) is 16.7 Å². The van der Waals surface area contributed by atoms with E-state index in [9.17, 15) is 9.18 Å². The Balaban J connectivity index is 2.06. The van der Waals surface area contributed by atoms with Crippen molar-refractivity contribution >= 4 is 11.9 Å². The number of guanidine groups is 1. The van der Waals surface area contributed by atoms with Gasteiger partial charge in [-0.2, -0.15) is 0 Å². The van der Waals surface area contributed by atoms with Gasteiger partial charge in [-0.25, -0.2) is 9.38 Å². The molecule has 22 heavy (non-hydrogen) atoms. The Kier molecular flexibility index (Phi) is 3.41. The second kappa shape index (κ2) is 5.26. The topological polar surface area (TPSA) is 67.5 Å². The van der Waals surface area contributed by atoms with E-state index in [2.05, 4.69) is 10.3 Å². The van der Waals surface area contributed by atoms with Gasteiger partial charge in [-0.1, -0.05) is 42.0 Å². The number of nitrogens with zero attached hydrogens (tertiary/aromatic N) is 1. The van der Waals surface area contributed by atoms with Gasteiger partial charge < -0.3 is 5.73 Å². The summed E-state index contributed by atoms with van der Waals surface area (Å²) in [5.74, 6) is -0.474. The van der Waals surface area contributed by atoms with Gasteiger partial charge in [0.05, 0.1) is 0 Å². The monoisotopic (exact) mass is 297 g/mol. The first-order valence-electron chi connectivity index (χ1n) is 6.98. The minimum Gasteiger partial charge on any atom is -0.370 e. The summed E-state index contributed by atoms with van der Waals surface area (Å²) in [6.45, 7) is 1.97. The summed E-state index contributed by atoms with van der Waals surface area (Å²) in [5.41, 5.74) is 7.28. The Morgan fingerprint density at radius 3 is 2.32 bits per heavy atom. The molecule has 3 N–H and O–H groups in total. The molecule has 0 saturated heterocycles. The van der Waals surface area contributed by atoms with Crippen LogP contribution in [0, 0.1) is 12.7 Å². The molecule has 1 atom stereocenters. The highest BCUT2D eigenvalue weighted by Crippen LogP contribution is 2.33. The van der Waals surface area contributed by atoms with Crippen molar-refractivity contribution in [2.24, 2.45) is 10.7 Å². The second-order valence-corrected chi connectivity index (χ2v) is 5.48. The van der Waals surface area contributed by atoms with Crippen molar-refractivity contribution < 1.29 is 9.18 Å². The van der Waals surface area contributed by atoms with Crippen LogP contribution >= 0.6 is 0 Å². The standard InChI is InChI=1S/C17H16FN3O/c1-11-2-6-13(7-3-11)17(15(22)20-16(19)21-17)10-12-4-8-14(18)9-5-12/h2-9H,10H2,1H3,(H3,19,20,21,22)/t17-/m1/s1. The fourth-order valence-corrected chi connectivity index (χ4v) is 2.65. The average molecular weight is 297 g/mol. The molecular weight excluding hydrogens is 281 g/mol. The smallest absolute Gasteiger partial charge is 0.259 e. The highest BCUT2D eigenvalue weighted by Gasteiger charge is 2.44. The fourth-order valence-electron chi connectivity index (χ4n) is 2.65. The molecule has 0 bridgehead atoms. The van der Waals surface area contributed by atoms with Crippen LogP contribution in [0.5, 0.6) is 0 Å². The van der Waals surface area contributed by atoms with Gasteiger partial charge in [0, 0.05) is 6.42 Å². The normalized spacial score (nSPS) is 20.6. The Morgan fingerprint density at radius 1 is 1.14 bits per heavy atom. The molecule has 4 nitrogen and oxygen atoms in total. The molecule has 3 rings (SSSR count). The molecule has 0 unspecified atom stereocenters. The van der Waals surface area contributed by atoms with Crippen LogP contribution in [0.2, 0.25) is 0 Å². The van der Waals surface area contributed by atoms with E-state index in [1.807, 2.05) is 31.2 Å². The van der Waals surface area contributed by atoms with Crippen LogP contribution in [0.25, 0.3) is 0 Å². The van der Waals surface area contributed by atoms with E-state index >= 15 is 0 Å². The number of nitrogens with one attached hydrogen (secondary N) is 1. The van der Waals surface area contributed by atoms with Crippen LogP contribution in [0.1, 0.15) is 16.7 Å². The quantitative estimate of drug-likeness (QED) is 0.910. The SMILES string of the molecule is Cc1ccc([C@@]2(Cc3ccc(F)cc3)N=C(N)NC2=O)cc1. The maximum Gasteiger partial charge on any atom is 0.259 e. The van der Waals surface area contributed by atoms with Crippen LogP contribution in [-0.2, 0) is 16.8 Å². The number of halogens is 1. The van der Waals surface area contributed by atoms with Gasteiger partial charge in [-0.05, 0) is 30.2 Å². The molecule has 5 heteroatoms. The number of hydrogen-bond acceptors (Lipinski definition) is 3. The first kappa shape index (κ1) is 14.3. The molecule has 1 heterocycles. The van der Waals surface area contributed by atoms with Gasteiger partial charge in [-0.3, -0.25) is 10.1 Å². The molecule has 0 saturated carbocycles. The zero-order valence-electron chi connectivity index (χ0n) is 12.1. The van der Waals surface area contributed by atoms with Crippen molar-refractivity contribution in [3.8, 4) is 0 Å². The number of carbonyl (C=O) groups excluding carboxylic acids is 1. The third-order valence-corrected chi connectivity index (χ3v) is 3.83. The molecule has 1 amide bonds. The van der Waals surface area contributed by atoms with Crippen LogP contribution in [0.4, 0.5) is 4.39 Å². The van der Waals surface area contributed by atoms with Crippen molar-refractivity contribution in [1.82, 2.24) is 5.32 Å². The van der Waals surface area contributed by atoms with Crippen molar-refractivity contribution in [2.45, 2.75) is 18.9 Å². The number of carbonyl (C=O) groups is 1. The first-order chi connectivity index (χ1) is 10.5. The van der Waals surface area contributed by atoms with Gasteiger partial charge >= 0.3 is 0 Å². The number of rotatable bonds is 3. The molecule has 2 aromatic carbocycles. The Labute approximate surface area is 127 Å². The van der Waals surface area contributed by atoms with E-state index < -0.39 is 5.54 Å². The van der Waals surface area contributed by atoms with Crippen molar-refractivity contribution in [3.63, 3.8) is 0 Å². The van der Waals surface area contributed by atoms with Gasteiger partial charge in [0.1, 0.15) is 5.82 Å². The van der Waals surface area contributed by atoms with Crippen molar-refractivity contribution in [3.05, 3.63) is 71.0 Å². The van der Waals surface area contributed by atoms with E-state index in [1.165, 1.54) is 12.1 Å². The lowest BCUT2D eigenvalue weighted by Gasteiger charge is -2.24. The third kappa shape index (κ3) is 2.45. The number of amides is 1. The number of benzene rings is 2. The number of nitrogens with two attached hydrogens (primary N) is 1. The predicted molar refractivity (Wildman–Crippen MR) is 82.7 cm³/mol. The largest absolute Gasteiger partial charge is 0.370 e. The molecule has 0 aromatic heterocycles. The Hall–Kier alpha value is -2.69. The molecule has 1 aliphatic rings. The minimum atomic E-state index is -1.10. The minimum absolute atomic E-state index is 0.104. The van der Waals surface area contributed by atoms with E-state index in [-0.39, 0.29) is 17.7 Å². The molecule has 2 aromatic rings. The summed E-state index contributed by atoms with van der Waals surface area (Å²) in [6, 6.07) is 13.7. The molecule has 0 aliphatic carbocycles. The maximum atomic E-state index is 13.1. The van der Waals surface area contributed by atoms with Gasteiger partial charge in [0.2, 0.25) is 0 Å². The average Bonchev–Trinajstić information content (AvgIpc) is 2.77. The molecule has 0 spiro atoms. The molecular formula is C17H16FN3O. The van der Waals surface area contributed by atoms with Crippen LogP contribution in [0.3, 0.4) is 0 Å². The summed E-state index contributed by atoms with van der Waals surface area (Å²) in [7, 11) is 0. The summed E-state index contributed by atoms with van der Waals surface area (Å²) < 4.78 is 13.1. The Morgan fingerprint density at radius 2 is 1.77 bits per heavy atom. The lowest BCUT2D eigenvalue weighted by Crippen LogP contribution is -2.40. The van der Waals surface area contributed by atoms with E-state index in [1.54, 1.807) is 12.1 Å². The summed E-state index contributed by atoms with van der Waals surface area (Å²) in [4.78, 5) is 16.8. The van der Waals surface area contributed by atoms with E-state index in [4.69, 9.17) is 5.73 Å². The molecule has 0 fully saturated rings. The highest BCUT2D eigenvalue weighted by atomic mass is 19.1. The summed E-state index contributed by atoms with van der Waals surface area (Å²) >= 11 is 0. The van der Waals surface area contributed by atoms with Gasteiger partial charge in [-0.15, -0.1) is 0 Å². The maximum absolute atomic E-state index is 13.1. The zero-order chi connectivity index (χ0) is 15.7. The predicted octanol–water partition coefficient (Wildman–Crippen LogP) is 2.02. The van der Waals surface area contributed by atoms with Crippen molar-refractivity contribution in [1.29, 1.82) is 0 Å². The summed E-state index contributed by atoms with van der Waals surface area (Å²) in [6.07, 6.45) is 0.322.